The summed E-state index contributed by atoms with van der Waals surface area (Å²) in [5.41, 5.74) is -3.04. The van der Waals surface area contributed by atoms with Crippen LogP contribution in [0.25, 0.3) is 0 Å². The highest BCUT2D eigenvalue weighted by atomic mass is 19.4. The van der Waals surface area contributed by atoms with Gasteiger partial charge in [0.25, 0.3) is 0 Å². The smallest absolute Gasteiger partial charge is 0.416 e. The first-order valence-electron chi connectivity index (χ1n) is 5.54. The van der Waals surface area contributed by atoms with Crippen molar-refractivity contribution in [2.24, 2.45) is 0 Å². The molecule has 112 valence electrons. The molecule has 0 aromatic heterocycles. The van der Waals surface area contributed by atoms with Crippen LogP contribution in [0.4, 0.5) is 26.3 Å². The molecular formula is C12H10F6O2. The summed E-state index contributed by atoms with van der Waals surface area (Å²) < 4.78 is 79.6. The predicted molar refractivity (Wildman–Crippen MR) is 57.0 cm³/mol. The average Bonchev–Trinajstić information content (AvgIpc) is 2.26. The van der Waals surface area contributed by atoms with E-state index in [2.05, 4.69) is 4.74 Å². The maximum absolute atomic E-state index is 12.5. The van der Waals surface area contributed by atoms with Crippen molar-refractivity contribution in [2.75, 3.05) is 0 Å². The summed E-state index contributed by atoms with van der Waals surface area (Å²) in [4.78, 5) is 11.1. The van der Waals surface area contributed by atoms with E-state index in [-0.39, 0.29) is 12.5 Å². The molecule has 0 heterocycles. The van der Waals surface area contributed by atoms with Gasteiger partial charge >= 0.3 is 18.3 Å². The zero-order valence-electron chi connectivity index (χ0n) is 10.2. The third-order valence-electron chi connectivity index (χ3n) is 2.25. The number of carbonyl (C=O) groups excluding carboxylic acids is 1. The highest BCUT2D eigenvalue weighted by Gasteiger charge is 2.37. The number of hydrogen-bond acceptors (Lipinski definition) is 2. The number of benzene rings is 1. The molecule has 0 N–H and O–H groups in total. The van der Waals surface area contributed by atoms with E-state index in [1.54, 1.807) is 6.92 Å². The number of ether oxygens (including phenoxy) is 1. The molecule has 1 aromatic rings. The topological polar surface area (TPSA) is 26.3 Å². The minimum atomic E-state index is -4.97. The quantitative estimate of drug-likeness (QED) is 0.469. The summed E-state index contributed by atoms with van der Waals surface area (Å²) in [5, 5.41) is 0. The van der Waals surface area contributed by atoms with E-state index in [4.69, 9.17) is 0 Å². The molecule has 1 rings (SSSR count). The molecule has 0 bridgehead atoms. The fourth-order valence-electron chi connectivity index (χ4n) is 1.37. The molecule has 0 fully saturated rings. The molecular weight excluding hydrogens is 290 g/mol. The molecule has 0 amide bonds. The van der Waals surface area contributed by atoms with Crippen LogP contribution in [0.15, 0.2) is 18.2 Å². The lowest BCUT2D eigenvalue weighted by atomic mass is 10.1. The number of hydrogen-bond donors (Lipinski definition) is 0. The Morgan fingerprint density at radius 3 is 1.80 bits per heavy atom. The Morgan fingerprint density at radius 1 is 1.00 bits per heavy atom. The number of halogens is 6. The van der Waals surface area contributed by atoms with E-state index in [9.17, 15) is 31.1 Å². The summed E-state index contributed by atoms with van der Waals surface area (Å²) in [6, 6.07) is 0.697. The van der Waals surface area contributed by atoms with Crippen LogP contribution in [0, 0.1) is 0 Å². The van der Waals surface area contributed by atoms with Gasteiger partial charge in [-0.05, 0) is 24.6 Å². The van der Waals surface area contributed by atoms with Crippen molar-refractivity contribution < 1.29 is 35.9 Å². The fraction of sp³-hybridized carbons (Fsp3) is 0.417. The molecule has 0 radical (unpaired) electrons. The van der Waals surface area contributed by atoms with Crippen molar-refractivity contribution in [3.63, 3.8) is 0 Å². The van der Waals surface area contributed by atoms with E-state index in [1.807, 2.05) is 0 Å². The highest BCUT2D eigenvalue weighted by molar-refractivity contribution is 5.72. The molecule has 0 spiro atoms. The van der Waals surface area contributed by atoms with Crippen LogP contribution in [0.3, 0.4) is 0 Å². The summed E-state index contributed by atoms with van der Waals surface area (Å²) in [6.45, 7) is 1.62. The zero-order chi connectivity index (χ0) is 15.6. The van der Waals surface area contributed by atoms with Gasteiger partial charge in [-0.15, -0.1) is 0 Å². The van der Waals surface area contributed by atoms with Crippen molar-refractivity contribution in [3.05, 3.63) is 29.3 Å². The van der Waals surface area contributed by atoms with Crippen LogP contribution in [0.2, 0.25) is 0 Å². The van der Waals surface area contributed by atoms with E-state index in [1.165, 1.54) is 0 Å². The number of esters is 1. The van der Waals surface area contributed by atoms with Gasteiger partial charge in [-0.3, -0.25) is 4.79 Å². The average molecular weight is 300 g/mol. The van der Waals surface area contributed by atoms with Crippen molar-refractivity contribution >= 4 is 5.97 Å². The van der Waals surface area contributed by atoms with Gasteiger partial charge in [0.15, 0.2) is 0 Å². The first-order valence-corrected chi connectivity index (χ1v) is 5.54. The van der Waals surface area contributed by atoms with Gasteiger partial charge in [-0.2, -0.15) is 26.3 Å². The lowest BCUT2D eigenvalue weighted by Gasteiger charge is -2.14. The molecule has 2 nitrogen and oxygen atoms in total. The summed E-state index contributed by atoms with van der Waals surface area (Å²) in [7, 11) is 0. The van der Waals surface area contributed by atoms with Gasteiger partial charge in [-0.25, -0.2) is 0 Å². The van der Waals surface area contributed by atoms with Gasteiger partial charge in [0, 0.05) is 6.42 Å². The lowest BCUT2D eigenvalue weighted by Crippen LogP contribution is -2.13. The molecule has 20 heavy (non-hydrogen) atoms. The third kappa shape index (κ3) is 4.43. The van der Waals surface area contributed by atoms with Crippen LogP contribution >= 0.6 is 0 Å². The maximum atomic E-state index is 12.5. The van der Waals surface area contributed by atoms with Gasteiger partial charge in [0.2, 0.25) is 0 Å². The van der Waals surface area contributed by atoms with Crippen LogP contribution < -0.4 is 4.74 Å². The van der Waals surface area contributed by atoms with E-state index >= 15 is 0 Å². The van der Waals surface area contributed by atoms with Gasteiger partial charge < -0.3 is 4.74 Å². The molecule has 0 unspecified atom stereocenters. The maximum Gasteiger partial charge on any atom is 0.416 e. The Hall–Kier alpha value is -1.73. The third-order valence-corrected chi connectivity index (χ3v) is 2.25. The largest absolute Gasteiger partial charge is 0.426 e. The number of rotatable bonds is 3. The Labute approximate surface area is 110 Å². The second kappa shape index (κ2) is 5.72. The van der Waals surface area contributed by atoms with Crippen molar-refractivity contribution in [3.8, 4) is 5.75 Å². The van der Waals surface area contributed by atoms with Crippen molar-refractivity contribution in [2.45, 2.75) is 32.1 Å². The van der Waals surface area contributed by atoms with Crippen LogP contribution in [-0.2, 0) is 17.1 Å². The van der Waals surface area contributed by atoms with Crippen molar-refractivity contribution in [1.29, 1.82) is 0 Å². The standard InChI is InChI=1S/C12H10F6O2/c1-2-3-10(19)20-9-5-7(11(13,14)15)4-8(6-9)12(16,17)18/h4-6H,2-3H2,1H3. The summed E-state index contributed by atoms with van der Waals surface area (Å²) in [6.07, 6.45) is -9.66. The monoisotopic (exact) mass is 300 g/mol. The number of carbonyl (C=O) groups is 1. The molecule has 0 aliphatic rings. The minimum Gasteiger partial charge on any atom is -0.426 e. The van der Waals surface area contributed by atoms with Crippen LogP contribution in [0.1, 0.15) is 30.9 Å². The molecule has 0 atom stereocenters. The highest BCUT2D eigenvalue weighted by Crippen LogP contribution is 2.38. The predicted octanol–water partition coefficient (Wildman–Crippen LogP) is 4.43. The first kappa shape index (κ1) is 16.3. The molecule has 1 aromatic carbocycles. The Bertz CT molecular complexity index is 457. The Kier molecular flexibility index (Phi) is 4.67. The lowest BCUT2D eigenvalue weighted by molar-refractivity contribution is -0.144. The normalized spacial score (nSPS) is 12.3. The second-order valence-corrected chi connectivity index (χ2v) is 3.97. The van der Waals surface area contributed by atoms with E-state index < -0.39 is 35.2 Å². The van der Waals surface area contributed by atoms with Crippen molar-refractivity contribution in [1.82, 2.24) is 0 Å². The zero-order valence-corrected chi connectivity index (χ0v) is 10.2. The second-order valence-electron chi connectivity index (χ2n) is 3.97. The Morgan fingerprint density at radius 2 is 1.45 bits per heavy atom. The van der Waals surface area contributed by atoms with Gasteiger partial charge in [0.1, 0.15) is 5.75 Å². The molecule has 0 saturated carbocycles. The molecule has 0 aliphatic carbocycles. The molecule has 0 aliphatic heterocycles. The Balaban J connectivity index is 3.21. The molecule has 0 saturated heterocycles. The molecule has 8 heteroatoms. The summed E-state index contributed by atoms with van der Waals surface area (Å²) in [5.74, 6) is -1.66. The van der Waals surface area contributed by atoms with Gasteiger partial charge in [0.05, 0.1) is 11.1 Å². The number of alkyl halides is 6. The van der Waals surface area contributed by atoms with E-state index in [0.717, 1.165) is 0 Å². The van der Waals surface area contributed by atoms with Crippen LogP contribution in [-0.4, -0.2) is 5.97 Å². The van der Waals surface area contributed by atoms with Crippen LogP contribution in [0.5, 0.6) is 5.75 Å². The first-order chi connectivity index (χ1) is 9.04. The minimum absolute atomic E-state index is 0.0306. The van der Waals surface area contributed by atoms with E-state index in [0.29, 0.717) is 18.6 Å². The summed E-state index contributed by atoms with van der Waals surface area (Å²) >= 11 is 0. The SMILES string of the molecule is CCCC(=O)Oc1cc(C(F)(F)F)cc(C(F)(F)F)c1. The van der Waals surface area contributed by atoms with Gasteiger partial charge in [-0.1, -0.05) is 6.92 Å². The fourth-order valence-corrected chi connectivity index (χ4v) is 1.37.